The smallest absolute Gasteiger partial charge is 0.330 e. The molecule has 0 aliphatic carbocycles. The molecule has 0 aliphatic rings. The van der Waals surface area contributed by atoms with Crippen molar-refractivity contribution in [2.75, 3.05) is 11.6 Å². The first-order valence-corrected chi connectivity index (χ1v) is 6.74. The van der Waals surface area contributed by atoms with E-state index in [4.69, 9.17) is 17.3 Å². The zero-order valence-electron chi connectivity index (χ0n) is 11.4. The normalized spacial score (nSPS) is 10.6. The number of hydrogen-bond acceptors (Lipinski definition) is 4. The molecule has 2 rings (SSSR count). The highest BCUT2D eigenvalue weighted by Gasteiger charge is 2.18. The summed E-state index contributed by atoms with van der Waals surface area (Å²) in [4.78, 5) is 37.3. The summed E-state index contributed by atoms with van der Waals surface area (Å²) in [5.74, 6) is -1.17. The van der Waals surface area contributed by atoms with Crippen LogP contribution >= 0.6 is 11.6 Å². The van der Waals surface area contributed by atoms with Crippen LogP contribution in [0.5, 0.6) is 0 Å². The Balaban J connectivity index is 2.53. The van der Waals surface area contributed by atoms with E-state index < -0.39 is 17.0 Å². The molecule has 1 heterocycles. The third kappa shape index (κ3) is 3.05. The number of rotatable bonds is 4. The summed E-state index contributed by atoms with van der Waals surface area (Å²) < 4.78 is 1.14. The lowest BCUT2D eigenvalue weighted by molar-refractivity contribution is 0.101. The molecule has 0 unspecified atom stereocenters. The van der Waals surface area contributed by atoms with Gasteiger partial charge in [0, 0.05) is 0 Å². The van der Waals surface area contributed by atoms with Crippen molar-refractivity contribution in [3.63, 3.8) is 0 Å². The third-order valence-corrected chi connectivity index (χ3v) is 3.34. The van der Waals surface area contributed by atoms with Gasteiger partial charge in [0.25, 0.3) is 5.56 Å². The fourth-order valence-electron chi connectivity index (χ4n) is 1.96. The number of aromatic nitrogens is 2. The number of aromatic amines is 1. The van der Waals surface area contributed by atoms with Crippen molar-refractivity contribution >= 4 is 23.2 Å². The number of Topliss-reactive ketones (excluding diaryl/α,β-unsaturated/α-hetero) is 1. The standard InChI is InChI=1S/C14H14ClN3O3/c1-8-2-4-9(5-3-8)7-18-12(16)11(10(19)6-15)13(20)17-14(18)21/h2-5H,6-7,16H2,1H3,(H,17,20,21). The Kier molecular flexibility index (Phi) is 4.28. The lowest BCUT2D eigenvalue weighted by atomic mass is 10.1. The van der Waals surface area contributed by atoms with E-state index in [1.807, 2.05) is 31.2 Å². The monoisotopic (exact) mass is 307 g/mol. The predicted molar refractivity (Wildman–Crippen MR) is 81.1 cm³/mol. The molecule has 0 amide bonds. The molecule has 1 aromatic carbocycles. The molecule has 0 saturated carbocycles. The van der Waals surface area contributed by atoms with Crippen LogP contribution in [-0.4, -0.2) is 21.2 Å². The quantitative estimate of drug-likeness (QED) is 0.647. The van der Waals surface area contributed by atoms with Crippen molar-refractivity contribution in [3.8, 4) is 0 Å². The maximum Gasteiger partial charge on any atom is 0.330 e. The topological polar surface area (TPSA) is 97.9 Å². The zero-order chi connectivity index (χ0) is 15.6. The van der Waals surface area contributed by atoms with Crippen molar-refractivity contribution in [1.82, 2.24) is 9.55 Å². The maximum absolute atomic E-state index is 11.9. The van der Waals surface area contributed by atoms with Crippen LogP contribution in [0.4, 0.5) is 5.82 Å². The van der Waals surface area contributed by atoms with Crippen LogP contribution < -0.4 is 17.0 Å². The van der Waals surface area contributed by atoms with Crippen molar-refractivity contribution in [3.05, 3.63) is 61.8 Å². The van der Waals surface area contributed by atoms with Gasteiger partial charge >= 0.3 is 5.69 Å². The van der Waals surface area contributed by atoms with E-state index in [1.54, 1.807) is 0 Å². The summed E-state index contributed by atoms with van der Waals surface area (Å²) >= 11 is 5.45. The highest BCUT2D eigenvalue weighted by atomic mass is 35.5. The van der Waals surface area contributed by atoms with Crippen LogP contribution in [0, 0.1) is 6.92 Å². The second kappa shape index (κ2) is 5.97. The number of carbonyl (C=O) groups excluding carboxylic acids is 1. The van der Waals surface area contributed by atoms with Crippen LogP contribution in [0.3, 0.4) is 0 Å². The number of hydrogen-bond donors (Lipinski definition) is 2. The predicted octanol–water partition coefficient (Wildman–Crippen LogP) is 0.897. The first kappa shape index (κ1) is 15.1. The minimum atomic E-state index is -0.816. The van der Waals surface area contributed by atoms with Gasteiger partial charge in [0.1, 0.15) is 11.4 Å². The van der Waals surface area contributed by atoms with Gasteiger partial charge in [0.2, 0.25) is 0 Å². The SMILES string of the molecule is Cc1ccc(Cn2c(N)c(C(=O)CCl)c(=O)[nH]c2=O)cc1. The van der Waals surface area contributed by atoms with Crippen LogP contribution in [0.25, 0.3) is 0 Å². The summed E-state index contributed by atoms with van der Waals surface area (Å²) in [6, 6.07) is 7.48. The number of aryl methyl sites for hydroxylation is 1. The Morgan fingerprint density at radius 2 is 1.90 bits per heavy atom. The number of carbonyl (C=O) groups is 1. The van der Waals surface area contributed by atoms with Gasteiger partial charge in [0.15, 0.2) is 5.78 Å². The molecule has 0 aliphatic heterocycles. The fraction of sp³-hybridized carbons (Fsp3) is 0.214. The fourth-order valence-corrected chi connectivity index (χ4v) is 2.09. The Hall–Kier alpha value is -2.34. The average Bonchev–Trinajstić information content (AvgIpc) is 2.45. The number of nitrogens with two attached hydrogens (primary N) is 1. The largest absolute Gasteiger partial charge is 0.384 e. The highest BCUT2D eigenvalue weighted by Crippen LogP contribution is 2.10. The minimum Gasteiger partial charge on any atom is -0.384 e. The lowest BCUT2D eigenvalue weighted by Gasteiger charge is -2.11. The Morgan fingerprint density at radius 3 is 2.48 bits per heavy atom. The molecule has 0 saturated heterocycles. The zero-order valence-corrected chi connectivity index (χ0v) is 12.1. The molecule has 1 aromatic heterocycles. The van der Waals surface area contributed by atoms with Crippen LogP contribution in [0.15, 0.2) is 33.9 Å². The number of alkyl halides is 1. The molecule has 110 valence electrons. The number of ketones is 1. The minimum absolute atomic E-state index is 0.157. The van der Waals surface area contributed by atoms with E-state index in [0.29, 0.717) is 0 Å². The molecular formula is C14H14ClN3O3. The molecule has 21 heavy (non-hydrogen) atoms. The number of nitrogen functional groups attached to an aromatic ring is 1. The first-order valence-electron chi connectivity index (χ1n) is 6.21. The summed E-state index contributed by atoms with van der Waals surface area (Å²) in [5.41, 5.74) is 5.95. The van der Waals surface area contributed by atoms with Gasteiger partial charge in [-0.25, -0.2) is 4.79 Å². The van der Waals surface area contributed by atoms with Crippen LogP contribution in [-0.2, 0) is 6.54 Å². The van der Waals surface area contributed by atoms with Gasteiger partial charge in [-0.2, -0.15) is 0 Å². The Morgan fingerprint density at radius 1 is 1.29 bits per heavy atom. The highest BCUT2D eigenvalue weighted by molar-refractivity contribution is 6.31. The van der Waals surface area contributed by atoms with E-state index in [-0.39, 0.29) is 23.8 Å². The van der Waals surface area contributed by atoms with Crippen molar-refractivity contribution in [1.29, 1.82) is 0 Å². The number of nitrogens with zero attached hydrogens (tertiary/aromatic N) is 1. The van der Waals surface area contributed by atoms with E-state index in [9.17, 15) is 14.4 Å². The molecule has 3 N–H and O–H groups in total. The molecule has 0 atom stereocenters. The molecule has 0 spiro atoms. The number of nitrogens with one attached hydrogen (secondary N) is 1. The molecular weight excluding hydrogens is 294 g/mol. The van der Waals surface area contributed by atoms with Gasteiger partial charge in [-0.05, 0) is 12.5 Å². The Bertz CT molecular complexity index is 791. The molecule has 0 bridgehead atoms. The van der Waals surface area contributed by atoms with Gasteiger partial charge in [0.05, 0.1) is 12.4 Å². The van der Waals surface area contributed by atoms with Gasteiger partial charge in [-0.3, -0.25) is 19.1 Å². The van der Waals surface area contributed by atoms with Crippen LogP contribution in [0.2, 0.25) is 0 Å². The second-order valence-corrected chi connectivity index (χ2v) is 4.92. The van der Waals surface area contributed by atoms with E-state index in [1.165, 1.54) is 0 Å². The number of halogens is 1. The summed E-state index contributed by atoms with van der Waals surface area (Å²) in [6.07, 6.45) is 0. The van der Waals surface area contributed by atoms with E-state index in [2.05, 4.69) is 4.98 Å². The number of benzene rings is 1. The average molecular weight is 308 g/mol. The molecule has 0 radical (unpaired) electrons. The summed E-state index contributed by atoms with van der Waals surface area (Å²) in [6.45, 7) is 2.10. The maximum atomic E-state index is 11.9. The number of H-pyrrole nitrogens is 1. The van der Waals surface area contributed by atoms with Crippen molar-refractivity contribution < 1.29 is 4.79 Å². The van der Waals surface area contributed by atoms with Crippen LogP contribution in [0.1, 0.15) is 21.5 Å². The molecule has 2 aromatic rings. The van der Waals surface area contributed by atoms with Gasteiger partial charge < -0.3 is 5.73 Å². The van der Waals surface area contributed by atoms with Crippen molar-refractivity contribution in [2.45, 2.75) is 13.5 Å². The van der Waals surface area contributed by atoms with Crippen molar-refractivity contribution in [2.24, 2.45) is 0 Å². The van der Waals surface area contributed by atoms with Gasteiger partial charge in [-0.15, -0.1) is 11.6 Å². The van der Waals surface area contributed by atoms with E-state index >= 15 is 0 Å². The first-order chi connectivity index (χ1) is 9.93. The Labute approximate surface area is 125 Å². The second-order valence-electron chi connectivity index (χ2n) is 4.65. The third-order valence-electron chi connectivity index (χ3n) is 3.10. The number of anilines is 1. The molecule has 0 fully saturated rings. The summed E-state index contributed by atoms with van der Waals surface area (Å²) in [7, 11) is 0. The summed E-state index contributed by atoms with van der Waals surface area (Å²) in [5, 5.41) is 0. The molecule has 7 heteroatoms. The lowest BCUT2D eigenvalue weighted by Crippen LogP contribution is -2.36. The molecule has 6 nitrogen and oxygen atoms in total. The van der Waals surface area contributed by atoms with E-state index in [0.717, 1.165) is 15.7 Å². The van der Waals surface area contributed by atoms with Gasteiger partial charge in [-0.1, -0.05) is 29.8 Å².